The monoisotopic (exact) mass is 260 g/mol. The van der Waals surface area contributed by atoms with Gasteiger partial charge in [0.25, 0.3) is 0 Å². The minimum Gasteiger partial charge on any atom is -0.390 e. The molecule has 2 unspecified atom stereocenters. The van der Waals surface area contributed by atoms with Crippen molar-refractivity contribution in [3.05, 3.63) is 0 Å². The highest BCUT2D eigenvalue weighted by atomic mass is 16.5. The normalized spacial score (nSPS) is 18.9. The van der Waals surface area contributed by atoms with Gasteiger partial charge in [-0.15, -0.1) is 0 Å². The van der Waals surface area contributed by atoms with Crippen LogP contribution in [-0.2, 0) is 4.74 Å². The second-order valence-electron chi connectivity index (χ2n) is 6.45. The quantitative estimate of drug-likeness (QED) is 0.691. The van der Waals surface area contributed by atoms with Gasteiger partial charge in [-0.25, -0.2) is 0 Å². The minimum atomic E-state index is -0.872. The summed E-state index contributed by atoms with van der Waals surface area (Å²) in [5, 5.41) is 27.8. The Morgan fingerprint density at radius 2 is 1.56 bits per heavy atom. The molecule has 0 aromatic heterocycles. The number of nitrogens with zero attached hydrogens (tertiary/aromatic N) is 2. The van der Waals surface area contributed by atoms with Crippen molar-refractivity contribution < 1.29 is 14.9 Å². The van der Waals surface area contributed by atoms with E-state index >= 15 is 0 Å². The lowest BCUT2D eigenvalue weighted by atomic mass is 9.98. The average Bonchev–Trinajstić information content (AvgIpc) is 2.09. The molecule has 0 aromatic carbocycles. The average molecular weight is 260 g/mol. The van der Waals surface area contributed by atoms with Gasteiger partial charge in [-0.1, -0.05) is 0 Å². The molecular weight excluding hydrogens is 232 g/mol. The van der Waals surface area contributed by atoms with E-state index in [4.69, 9.17) is 4.74 Å². The number of methoxy groups -OCH3 is 1. The molecule has 2 N–H and O–H groups in total. The molecule has 108 valence electrons. The smallest absolute Gasteiger partial charge is 0.178 e. The van der Waals surface area contributed by atoms with Gasteiger partial charge >= 0.3 is 0 Å². The molecule has 0 amide bonds. The first-order valence-electron chi connectivity index (χ1n) is 6.29. The summed E-state index contributed by atoms with van der Waals surface area (Å²) in [7, 11) is 1.55. The van der Waals surface area contributed by atoms with Crippen LogP contribution in [0.15, 0.2) is 10.2 Å². The number of rotatable bonds is 7. The van der Waals surface area contributed by atoms with Crippen molar-refractivity contribution in [2.24, 2.45) is 10.2 Å². The van der Waals surface area contributed by atoms with Crippen LogP contribution in [-0.4, -0.2) is 40.3 Å². The highest BCUT2D eigenvalue weighted by Gasteiger charge is 2.31. The van der Waals surface area contributed by atoms with Gasteiger partial charge in [-0.05, 0) is 48.0 Å². The number of azo groups is 1. The fraction of sp³-hybridized carbons (Fsp3) is 1.00. The van der Waals surface area contributed by atoms with Gasteiger partial charge < -0.3 is 14.9 Å². The van der Waals surface area contributed by atoms with Crippen molar-refractivity contribution in [3.63, 3.8) is 0 Å². The van der Waals surface area contributed by atoms with Gasteiger partial charge in [0.1, 0.15) is 0 Å². The van der Waals surface area contributed by atoms with Gasteiger partial charge in [-0.3, -0.25) is 0 Å². The Morgan fingerprint density at radius 3 is 1.89 bits per heavy atom. The van der Waals surface area contributed by atoms with Gasteiger partial charge in [-0.2, -0.15) is 10.2 Å². The van der Waals surface area contributed by atoms with Crippen molar-refractivity contribution >= 4 is 0 Å². The van der Waals surface area contributed by atoms with Crippen LogP contribution >= 0.6 is 0 Å². The first-order chi connectivity index (χ1) is 7.87. The highest BCUT2D eigenvalue weighted by Crippen LogP contribution is 2.25. The van der Waals surface area contributed by atoms with E-state index in [1.807, 2.05) is 6.92 Å². The van der Waals surface area contributed by atoms with Crippen molar-refractivity contribution in [2.45, 2.75) is 77.4 Å². The zero-order chi connectivity index (χ0) is 14.6. The van der Waals surface area contributed by atoms with E-state index in [1.165, 1.54) is 0 Å². The summed E-state index contributed by atoms with van der Waals surface area (Å²) in [5.41, 5.74) is -2.48. The van der Waals surface area contributed by atoms with Crippen LogP contribution in [0.2, 0.25) is 0 Å². The first-order valence-corrected chi connectivity index (χ1v) is 6.29. The number of hydrogen-bond donors (Lipinski definition) is 2. The predicted octanol–water partition coefficient (Wildman–Crippen LogP) is 2.51. The van der Waals surface area contributed by atoms with E-state index in [9.17, 15) is 10.2 Å². The van der Waals surface area contributed by atoms with Crippen molar-refractivity contribution in [1.82, 2.24) is 0 Å². The van der Waals surface area contributed by atoms with Gasteiger partial charge in [0, 0.05) is 13.5 Å². The third-order valence-electron chi connectivity index (χ3n) is 2.46. The molecule has 0 spiro atoms. The second kappa shape index (κ2) is 6.08. The molecule has 0 aliphatic carbocycles. The van der Waals surface area contributed by atoms with Crippen LogP contribution in [0.3, 0.4) is 0 Å². The Morgan fingerprint density at radius 1 is 1.06 bits per heavy atom. The maximum atomic E-state index is 9.81. The second-order valence-corrected chi connectivity index (χ2v) is 6.45. The molecule has 0 aromatic rings. The zero-order valence-electron chi connectivity index (χ0n) is 12.7. The Bertz CT molecular complexity index is 279. The molecule has 2 atom stereocenters. The summed E-state index contributed by atoms with van der Waals surface area (Å²) in [5.74, 6) is 0. The summed E-state index contributed by atoms with van der Waals surface area (Å²) >= 11 is 0. The van der Waals surface area contributed by atoms with E-state index in [1.54, 1.807) is 41.7 Å². The van der Waals surface area contributed by atoms with Gasteiger partial charge in [0.2, 0.25) is 0 Å². The van der Waals surface area contributed by atoms with E-state index in [0.29, 0.717) is 12.8 Å². The maximum Gasteiger partial charge on any atom is 0.178 e. The van der Waals surface area contributed by atoms with Crippen LogP contribution in [0.5, 0.6) is 0 Å². The highest BCUT2D eigenvalue weighted by molar-refractivity contribution is 4.81. The van der Waals surface area contributed by atoms with Gasteiger partial charge in [0.05, 0.1) is 17.2 Å². The lowest BCUT2D eigenvalue weighted by molar-refractivity contribution is -0.0616. The van der Waals surface area contributed by atoms with Crippen LogP contribution in [0.25, 0.3) is 0 Å². The largest absolute Gasteiger partial charge is 0.390 e. The van der Waals surface area contributed by atoms with E-state index in [0.717, 1.165) is 0 Å². The van der Waals surface area contributed by atoms with Gasteiger partial charge in [0.15, 0.2) is 5.72 Å². The predicted molar refractivity (Wildman–Crippen MR) is 71.6 cm³/mol. The van der Waals surface area contributed by atoms with E-state index < -0.39 is 16.9 Å². The topological polar surface area (TPSA) is 74.4 Å². The molecule has 5 nitrogen and oxygen atoms in total. The Hall–Kier alpha value is -0.520. The van der Waals surface area contributed by atoms with Crippen molar-refractivity contribution in [1.29, 1.82) is 0 Å². The summed E-state index contributed by atoms with van der Waals surface area (Å²) in [4.78, 5) is 0. The molecule has 0 aliphatic rings. The molecule has 0 heterocycles. The third-order valence-corrected chi connectivity index (χ3v) is 2.46. The van der Waals surface area contributed by atoms with E-state index in [-0.39, 0.29) is 6.04 Å². The summed E-state index contributed by atoms with van der Waals surface area (Å²) in [6, 6.07) is -0.0960. The molecule has 18 heavy (non-hydrogen) atoms. The molecule has 0 aliphatic heterocycles. The van der Waals surface area contributed by atoms with E-state index in [2.05, 4.69) is 10.2 Å². The molecular formula is C13H28N2O3. The van der Waals surface area contributed by atoms with Crippen LogP contribution < -0.4 is 0 Å². The molecule has 0 bridgehead atoms. The lowest BCUT2D eigenvalue weighted by Crippen LogP contribution is -2.35. The fourth-order valence-electron chi connectivity index (χ4n) is 1.94. The maximum absolute atomic E-state index is 9.81. The van der Waals surface area contributed by atoms with Crippen LogP contribution in [0.4, 0.5) is 0 Å². The SMILES string of the molecule is COC(C)(CC(C)(C)O)/N=N/C(C)CC(C)(C)O. The third kappa shape index (κ3) is 8.55. The molecule has 0 saturated heterocycles. The summed E-state index contributed by atoms with van der Waals surface area (Å²) in [6.07, 6.45) is 0.883. The van der Waals surface area contributed by atoms with Crippen molar-refractivity contribution in [3.8, 4) is 0 Å². The van der Waals surface area contributed by atoms with Crippen molar-refractivity contribution in [2.75, 3.05) is 7.11 Å². The Kier molecular flexibility index (Phi) is 5.91. The lowest BCUT2D eigenvalue weighted by Gasteiger charge is -2.29. The molecule has 0 saturated carbocycles. The molecule has 5 heteroatoms. The fourth-order valence-corrected chi connectivity index (χ4v) is 1.94. The van der Waals surface area contributed by atoms with Crippen LogP contribution in [0.1, 0.15) is 54.4 Å². The van der Waals surface area contributed by atoms with Crippen LogP contribution in [0, 0.1) is 0 Å². The summed E-state index contributed by atoms with van der Waals surface area (Å²) < 4.78 is 5.31. The Labute approximate surface area is 110 Å². The first kappa shape index (κ1) is 17.5. The standard InChI is InChI=1S/C13H28N2O3/c1-10(8-11(2,3)16)14-15-13(6,18-7)9-12(4,5)17/h10,16-17H,8-9H2,1-7H3/b15-14+. The molecule has 0 radical (unpaired) electrons. The Balaban J connectivity index is 4.61. The zero-order valence-corrected chi connectivity index (χ0v) is 12.7. The molecule has 0 rings (SSSR count). The number of ether oxygens (including phenoxy) is 1. The minimum absolute atomic E-state index is 0.0960. The summed E-state index contributed by atoms with van der Waals surface area (Å²) in [6.45, 7) is 10.6. The number of aliphatic hydroxyl groups is 2. The molecule has 0 fully saturated rings. The number of hydrogen-bond acceptors (Lipinski definition) is 5.